The number of anilines is 1. The maximum atomic E-state index is 12.1. The van der Waals surface area contributed by atoms with Gasteiger partial charge in [-0.25, -0.2) is 9.50 Å². The summed E-state index contributed by atoms with van der Waals surface area (Å²) in [5, 5.41) is 8.10. The molecule has 1 saturated carbocycles. The molecule has 6 nitrogen and oxygen atoms in total. The van der Waals surface area contributed by atoms with Gasteiger partial charge in [0.1, 0.15) is 5.78 Å². The van der Waals surface area contributed by atoms with E-state index in [-0.39, 0.29) is 11.7 Å². The van der Waals surface area contributed by atoms with Crippen molar-refractivity contribution in [1.82, 2.24) is 19.5 Å². The first-order valence-corrected chi connectivity index (χ1v) is 10.6. The smallest absolute Gasteiger partial charge is 0.159 e. The molecule has 29 heavy (non-hydrogen) atoms. The van der Waals surface area contributed by atoms with Crippen molar-refractivity contribution in [3.63, 3.8) is 0 Å². The summed E-state index contributed by atoms with van der Waals surface area (Å²) in [6.45, 7) is 8.50. The number of rotatable bonds is 10. The molecule has 6 heteroatoms. The fraction of sp³-hybridized carbons (Fsp3) is 0.435. The number of hydrogen-bond acceptors (Lipinski definition) is 5. The molecule has 1 N–H and O–H groups in total. The van der Waals surface area contributed by atoms with Crippen molar-refractivity contribution in [2.24, 2.45) is 5.92 Å². The molecule has 0 radical (unpaired) electrons. The molecular formula is C23H29N5O. The van der Waals surface area contributed by atoms with Gasteiger partial charge >= 0.3 is 0 Å². The van der Waals surface area contributed by atoms with Crippen molar-refractivity contribution in [2.75, 3.05) is 31.5 Å². The van der Waals surface area contributed by atoms with Crippen LogP contribution < -0.4 is 5.32 Å². The van der Waals surface area contributed by atoms with Crippen LogP contribution in [0.1, 0.15) is 32.5 Å². The second kappa shape index (κ2) is 8.74. The van der Waals surface area contributed by atoms with E-state index in [1.807, 2.05) is 22.7 Å². The molecule has 0 spiro atoms. The molecule has 1 aromatic carbocycles. The monoisotopic (exact) mass is 391 g/mol. The van der Waals surface area contributed by atoms with Crippen LogP contribution in [-0.2, 0) is 11.2 Å². The molecule has 0 bridgehead atoms. The number of fused-ring (bicyclic) bond motifs is 1. The van der Waals surface area contributed by atoms with E-state index in [0.717, 1.165) is 61.6 Å². The van der Waals surface area contributed by atoms with Crippen molar-refractivity contribution in [3.05, 3.63) is 48.3 Å². The van der Waals surface area contributed by atoms with Gasteiger partial charge in [0, 0.05) is 30.3 Å². The van der Waals surface area contributed by atoms with Gasteiger partial charge < -0.3 is 10.2 Å². The first-order chi connectivity index (χ1) is 14.2. The fourth-order valence-corrected chi connectivity index (χ4v) is 3.61. The standard InChI is InChI=1S/C23H29N5O/c1-3-27(4-2)15-14-24-19-12-10-17(11-13-19)20-6-5-7-23-25-22(26-28(20)23)16-21(29)18-8-9-18/h5-7,10-13,18,24H,3-4,8-9,14-16H2,1-2H3. The van der Waals surface area contributed by atoms with E-state index in [1.165, 1.54) is 0 Å². The third kappa shape index (κ3) is 4.65. The van der Waals surface area contributed by atoms with E-state index in [1.54, 1.807) is 0 Å². The third-order valence-electron chi connectivity index (χ3n) is 5.60. The van der Waals surface area contributed by atoms with E-state index < -0.39 is 0 Å². The molecule has 2 heterocycles. The number of aromatic nitrogens is 3. The summed E-state index contributed by atoms with van der Waals surface area (Å²) in [4.78, 5) is 19.1. The molecule has 4 rings (SSSR count). The van der Waals surface area contributed by atoms with E-state index in [9.17, 15) is 4.79 Å². The first-order valence-electron chi connectivity index (χ1n) is 10.6. The van der Waals surface area contributed by atoms with Crippen molar-refractivity contribution in [2.45, 2.75) is 33.1 Å². The largest absolute Gasteiger partial charge is 0.384 e. The lowest BCUT2D eigenvalue weighted by molar-refractivity contribution is -0.119. The fourth-order valence-electron chi connectivity index (χ4n) is 3.61. The highest BCUT2D eigenvalue weighted by atomic mass is 16.1. The van der Waals surface area contributed by atoms with Crippen LogP contribution in [0.4, 0.5) is 5.69 Å². The Kier molecular flexibility index (Phi) is 5.90. The Morgan fingerprint density at radius 3 is 2.59 bits per heavy atom. The molecule has 0 aliphatic heterocycles. The van der Waals surface area contributed by atoms with Gasteiger partial charge in [-0.1, -0.05) is 32.0 Å². The lowest BCUT2D eigenvalue weighted by Crippen LogP contribution is -2.28. The topological polar surface area (TPSA) is 62.5 Å². The van der Waals surface area contributed by atoms with Crippen molar-refractivity contribution in [1.29, 1.82) is 0 Å². The summed E-state index contributed by atoms with van der Waals surface area (Å²) in [7, 11) is 0. The lowest BCUT2D eigenvalue weighted by Gasteiger charge is -2.18. The molecule has 2 aromatic heterocycles. The summed E-state index contributed by atoms with van der Waals surface area (Å²) in [6.07, 6.45) is 2.38. The lowest BCUT2D eigenvalue weighted by atomic mass is 10.1. The van der Waals surface area contributed by atoms with Gasteiger partial charge in [-0.3, -0.25) is 4.79 Å². The molecule has 1 fully saturated rings. The quantitative estimate of drug-likeness (QED) is 0.571. The maximum Gasteiger partial charge on any atom is 0.159 e. The SMILES string of the molecule is CCN(CC)CCNc1ccc(-c2cccc3nc(CC(=O)C4CC4)nn23)cc1. The molecule has 1 aliphatic carbocycles. The highest BCUT2D eigenvalue weighted by Crippen LogP contribution is 2.30. The number of hydrogen-bond donors (Lipinski definition) is 1. The minimum atomic E-state index is 0.239. The van der Waals surface area contributed by atoms with Crippen molar-refractivity contribution >= 4 is 17.1 Å². The summed E-state index contributed by atoms with van der Waals surface area (Å²) in [5.74, 6) is 1.12. The molecule has 3 aromatic rings. The summed E-state index contributed by atoms with van der Waals surface area (Å²) >= 11 is 0. The third-order valence-corrected chi connectivity index (χ3v) is 5.60. The van der Waals surface area contributed by atoms with Crippen LogP contribution in [0.3, 0.4) is 0 Å². The highest BCUT2D eigenvalue weighted by Gasteiger charge is 2.30. The minimum Gasteiger partial charge on any atom is -0.384 e. The Morgan fingerprint density at radius 1 is 1.14 bits per heavy atom. The first kappa shape index (κ1) is 19.6. The number of nitrogens with zero attached hydrogens (tertiary/aromatic N) is 4. The zero-order valence-electron chi connectivity index (χ0n) is 17.3. The van der Waals surface area contributed by atoms with Gasteiger partial charge in [-0.2, -0.15) is 5.10 Å². The van der Waals surface area contributed by atoms with Gasteiger partial charge in [-0.15, -0.1) is 0 Å². The Morgan fingerprint density at radius 2 is 1.90 bits per heavy atom. The number of nitrogens with one attached hydrogen (secondary N) is 1. The van der Waals surface area contributed by atoms with Gasteiger partial charge in [0.25, 0.3) is 0 Å². The Bertz CT molecular complexity index is 971. The second-order valence-electron chi connectivity index (χ2n) is 7.66. The minimum absolute atomic E-state index is 0.239. The number of likely N-dealkylation sites (N-methyl/N-ethyl adjacent to an activating group) is 1. The summed E-state index contributed by atoms with van der Waals surface area (Å²) < 4.78 is 1.85. The van der Waals surface area contributed by atoms with Crippen LogP contribution >= 0.6 is 0 Å². The highest BCUT2D eigenvalue weighted by molar-refractivity contribution is 5.84. The van der Waals surface area contributed by atoms with Gasteiger partial charge in [-0.05, 0) is 50.2 Å². The number of pyridine rings is 1. The van der Waals surface area contributed by atoms with Crippen LogP contribution in [0.25, 0.3) is 16.9 Å². The number of carbonyl (C=O) groups excluding carboxylic acids is 1. The normalized spacial score (nSPS) is 13.9. The van der Waals surface area contributed by atoms with E-state index in [4.69, 9.17) is 0 Å². The number of ketones is 1. The Labute approximate surface area is 171 Å². The average Bonchev–Trinajstić information content (AvgIpc) is 3.52. The molecule has 152 valence electrons. The van der Waals surface area contributed by atoms with Gasteiger partial charge in [0.05, 0.1) is 12.1 Å². The number of carbonyl (C=O) groups is 1. The van der Waals surface area contributed by atoms with Crippen LogP contribution in [-0.4, -0.2) is 51.5 Å². The molecule has 0 saturated heterocycles. The van der Waals surface area contributed by atoms with Crippen LogP contribution in [0.2, 0.25) is 0 Å². The Balaban J connectivity index is 1.47. The van der Waals surface area contributed by atoms with E-state index in [0.29, 0.717) is 12.2 Å². The zero-order chi connectivity index (χ0) is 20.2. The average molecular weight is 392 g/mol. The molecule has 0 unspecified atom stereocenters. The van der Waals surface area contributed by atoms with Gasteiger partial charge in [0.15, 0.2) is 11.5 Å². The van der Waals surface area contributed by atoms with Crippen LogP contribution in [0.5, 0.6) is 0 Å². The number of Topliss-reactive ketones (excluding diaryl/α,β-unsaturated/α-hetero) is 1. The van der Waals surface area contributed by atoms with Crippen LogP contribution in [0.15, 0.2) is 42.5 Å². The van der Waals surface area contributed by atoms with Crippen molar-refractivity contribution < 1.29 is 4.79 Å². The predicted octanol–water partition coefficient (Wildman–Crippen LogP) is 3.67. The van der Waals surface area contributed by atoms with E-state index in [2.05, 4.69) is 58.4 Å². The molecular weight excluding hydrogens is 362 g/mol. The maximum absolute atomic E-state index is 12.1. The zero-order valence-corrected chi connectivity index (χ0v) is 17.3. The number of benzene rings is 1. The predicted molar refractivity (Wildman–Crippen MR) is 116 cm³/mol. The molecule has 1 aliphatic rings. The molecule has 0 atom stereocenters. The molecule has 0 amide bonds. The van der Waals surface area contributed by atoms with Gasteiger partial charge in [0.2, 0.25) is 0 Å². The second-order valence-corrected chi connectivity index (χ2v) is 7.66. The summed E-state index contributed by atoms with van der Waals surface area (Å²) in [6, 6.07) is 14.4. The van der Waals surface area contributed by atoms with E-state index >= 15 is 0 Å². The summed E-state index contributed by atoms with van der Waals surface area (Å²) in [5.41, 5.74) is 3.95. The van der Waals surface area contributed by atoms with Crippen LogP contribution in [0, 0.1) is 5.92 Å². The Hall–Kier alpha value is -2.73. The van der Waals surface area contributed by atoms with Crippen molar-refractivity contribution in [3.8, 4) is 11.3 Å².